The van der Waals surface area contributed by atoms with Crippen LogP contribution in [0.4, 0.5) is 5.69 Å². The number of benzene rings is 1. The zero-order chi connectivity index (χ0) is 15.2. The summed E-state index contributed by atoms with van der Waals surface area (Å²) in [4.78, 5) is 12.5. The molecule has 1 fully saturated rings. The van der Waals surface area contributed by atoms with E-state index in [2.05, 4.69) is 11.4 Å². The quantitative estimate of drug-likeness (QED) is 0.884. The number of hydrogen-bond donors (Lipinski definition) is 1. The van der Waals surface area contributed by atoms with Crippen LogP contribution in [0.15, 0.2) is 36.5 Å². The summed E-state index contributed by atoms with van der Waals surface area (Å²) in [5.74, 6) is 0.153. The minimum absolute atomic E-state index is 0.153. The normalized spacial score (nSPS) is 18.3. The molecule has 2 aliphatic rings. The van der Waals surface area contributed by atoms with Crippen LogP contribution in [0.2, 0.25) is 0 Å². The van der Waals surface area contributed by atoms with Gasteiger partial charge in [0.05, 0.1) is 0 Å². The van der Waals surface area contributed by atoms with E-state index in [1.54, 1.807) is 0 Å². The average Bonchev–Trinajstić information content (AvgIpc) is 3.22. The second-order valence-corrected chi connectivity index (χ2v) is 6.22. The summed E-state index contributed by atoms with van der Waals surface area (Å²) < 4.78 is 12.7. The van der Waals surface area contributed by atoms with E-state index < -0.39 is 0 Å². The van der Waals surface area contributed by atoms with Crippen LogP contribution in [-0.2, 0) is 21.4 Å². The van der Waals surface area contributed by atoms with Crippen LogP contribution in [0.1, 0.15) is 31.2 Å². The van der Waals surface area contributed by atoms with Crippen molar-refractivity contribution in [2.45, 2.75) is 37.5 Å². The Morgan fingerprint density at radius 3 is 2.82 bits per heavy atom. The van der Waals surface area contributed by atoms with Crippen molar-refractivity contribution in [1.82, 2.24) is 4.57 Å². The Kier molecular flexibility index (Phi) is 3.03. The molecule has 22 heavy (non-hydrogen) atoms. The zero-order valence-electron chi connectivity index (χ0n) is 12.3. The van der Waals surface area contributed by atoms with Gasteiger partial charge in [0, 0.05) is 0 Å². The van der Waals surface area contributed by atoms with Crippen molar-refractivity contribution in [1.29, 1.82) is 0 Å². The Balaban J connectivity index is 1.82. The van der Waals surface area contributed by atoms with Gasteiger partial charge in [0.2, 0.25) is 0 Å². The van der Waals surface area contributed by atoms with Crippen LogP contribution in [0.3, 0.4) is 0 Å². The van der Waals surface area contributed by atoms with Crippen LogP contribution >= 0.6 is 0 Å². The molecule has 1 aliphatic heterocycles. The number of fused-ring (bicyclic) bond motifs is 2. The summed E-state index contributed by atoms with van der Waals surface area (Å²) >= 11 is 0. The van der Waals surface area contributed by atoms with E-state index in [1.165, 1.54) is 0 Å². The summed E-state index contributed by atoms with van der Waals surface area (Å²) in [6.07, 6.45) is 6.35. The third-order valence-electron chi connectivity index (χ3n) is 5.07. The van der Waals surface area contributed by atoms with Gasteiger partial charge in [0.25, 0.3) is 0 Å². The first-order chi connectivity index (χ1) is 10.7. The van der Waals surface area contributed by atoms with E-state index in [-0.39, 0.29) is 11.3 Å². The van der Waals surface area contributed by atoms with Crippen molar-refractivity contribution in [3.63, 3.8) is 0 Å². The fraction of sp³-hybridized carbons (Fsp3) is 0.353. The molecule has 0 saturated heterocycles. The van der Waals surface area contributed by atoms with Gasteiger partial charge in [-0.05, 0) is 0 Å². The number of nitrogens with one attached hydrogen (secondary N) is 1. The molecule has 2 aromatic rings. The predicted octanol–water partition coefficient (Wildman–Crippen LogP) is 2.93. The van der Waals surface area contributed by atoms with Crippen LogP contribution in [0.5, 0.6) is 0 Å². The molecule has 4 rings (SSSR count). The van der Waals surface area contributed by atoms with E-state index in [4.69, 9.17) is 0 Å². The first-order valence-electron chi connectivity index (χ1n) is 7.80. The molecule has 2 heterocycles. The molecule has 0 radical (unpaired) electrons. The van der Waals surface area contributed by atoms with Gasteiger partial charge < -0.3 is 0 Å². The SMILES string of the molecule is O=BCn1cccc1-c1ccc2c(c1)C1(CCCC1)C(=O)N2. The van der Waals surface area contributed by atoms with Crippen molar-refractivity contribution < 1.29 is 9.50 Å². The molecular weight excluding hydrogens is 275 g/mol. The first kappa shape index (κ1) is 13.5. The van der Waals surface area contributed by atoms with E-state index >= 15 is 0 Å². The number of amides is 1. The van der Waals surface area contributed by atoms with Gasteiger partial charge in [-0.2, -0.15) is 0 Å². The molecule has 1 amide bonds. The third-order valence-corrected chi connectivity index (χ3v) is 5.07. The van der Waals surface area contributed by atoms with Crippen molar-refractivity contribution >= 4 is 18.7 Å². The number of hydrogen-bond acceptors (Lipinski definition) is 2. The standard InChI is InChI=1S/C17H17BN2O2/c21-16-17(7-1-2-8-17)13-10-12(5-6-14(13)19-16)15-4-3-9-20(15)11-18-22/h3-6,9-10H,1-2,7-8,11H2,(H,19,21). The molecule has 1 spiro atoms. The Labute approximate surface area is 129 Å². The number of aromatic nitrogens is 1. The molecule has 0 atom stereocenters. The van der Waals surface area contributed by atoms with Crippen LogP contribution in [0, 0.1) is 0 Å². The fourth-order valence-corrected chi connectivity index (χ4v) is 3.96. The Hall–Kier alpha value is -2.17. The van der Waals surface area contributed by atoms with Gasteiger partial charge in [0.1, 0.15) is 0 Å². The maximum atomic E-state index is 12.5. The third kappa shape index (κ3) is 1.81. The second kappa shape index (κ2) is 4.94. The van der Waals surface area contributed by atoms with E-state index in [1.807, 2.05) is 35.0 Å². The van der Waals surface area contributed by atoms with Crippen molar-refractivity contribution in [3.05, 3.63) is 42.1 Å². The summed E-state index contributed by atoms with van der Waals surface area (Å²) in [5.41, 5.74) is 3.83. The number of carbonyl (C=O) groups is 1. The van der Waals surface area contributed by atoms with Crippen molar-refractivity contribution in [3.8, 4) is 11.3 Å². The molecule has 1 aromatic heterocycles. The summed E-state index contributed by atoms with van der Waals surface area (Å²) in [6, 6.07) is 10.1. The number of anilines is 1. The van der Waals surface area contributed by atoms with E-state index in [0.717, 1.165) is 55.3 Å². The maximum absolute atomic E-state index is 12.5. The first-order valence-corrected chi connectivity index (χ1v) is 7.80. The number of rotatable bonds is 3. The molecule has 1 aliphatic carbocycles. The van der Waals surface area contributed by atoms with Crippen LogP contribution < -0.4 is 5.32 Å². The second-order valence-electron chi connectivity index (χ2n) is 6.22. The Morgan fingerprint density at radius 2 is 2.05 bits per heavy atom. The van der Waals surface area contributed by atoms with Crippen LogP contribution in [0.25, 0.3) is 11.3 Å². The van der Waals surface area contributed by atoms with Crippen LogP contribution in [-0.4, -0.2) is 17.6 Å². The van der Waals surface area contributed by atoms with Gasteiger partial charge in [0.15, 0.2) is 0 Å². The van der Waals surface area contributed by atoms with E-state index in [9.17, 15) is 9.50 Å². The minimum atomic E-state index is -0.326. The van der Waals surface area contributed by atoms with Crippen molar-refractivity contribution in [2.75, 3.05) is 5.32 Å². The molecule has 5 heteroatoms. The number of nitrogens with zero attached hydrogens (tertiary/aromatic N) is 1. The molecule has 1 saturated carbocycles. The summed E-state index contributed by atoms with van der Waals surface area (Å²) in [6.45, 7) is 0. The van der Waals surface area contributed by atoms with Gasteiger partial charge >= 0.3 is 129 Å². The molecule has 4 nitrogen and oxygen atoms in total. The molecule has 0 bridgehead atoms. The fourth-order valence-electron chi connectivity index (χ4n) is 3.96. The topological polar surface area (TPSA) is 51.1 Å². The van der Waals surface area contributed by atoms with Crippen molar-refractivity contribution in [2.24, 2.45) is 0 Å². The molecule has 110 valence electrons. The average molecular weight is 292 g/mol. The summed E-state index contributed by atoms with van der Waals surface area (Å²) in [7, 11) is 0.903. The zero-order valence-corrected chi connectivity index (χ0v) is 12.3. The van der Waals surface area contributed by atoms with Gasteiger partial charge in [-0.25, -0.2) is 0 Å². The van der Waals surface area contributed by atoms with E-state index in [0.29, 0.717) is 6.44 Å². The Bertz CT molecular complexity index is 760. The molecule has 1 aromatic carbocycles. The number of carbonyl (C=O) groups excluding carboxylic acids is 1. The molecular formula is C17H17BN2O2. The monoisotopic (exact) mass is 292 g/mol. The van der Waals surface area contributed by atoms with Gasteiger partial charge in [-0.15, -0.1) is 0 Å². The molecule has 1 N–H and O–H groups in total. The van der Waals surface area contributed by atoms with Gasteiger partial charge in [-0.3, -0.25) is 0 Å². The molecule has 0 unspecified atom stereocenters. The Morgan fingerprint density at radius 1 is 1.23 bits per heavy atom. The summed E-state index contributed by atoms with van der Waals surface area (Å²) in [5, 5.41) is 3.04. The van der Waals surface area contributed by atoms with Gasteiger partial charge in [-0.1, -0.05) is 0 Å². The predicted molar refractivity (Wildman–Crippen MR) is 85.1 cm³/mol.